The number of carbonyl (C=O) groups excluding carboxylic acids is 1. The molecule has 26 heavy (non-hydrogen) atoms. The van der Waals surface area contributed by atoms with Crippen LogP contribution >= 0.6 is 0 Å². The lowest BCUT2D eigenvalue weighted by Gasteiger charge is -2.35. The molecule has 2 fully saturated rings. The van der Waals surface area contributed by atoms with E-state index in [9.17, 15) is 4.79 Å². The molecule has 1 amide bonds. The lowest BCUT2D eigenvalue weighted by atomic mass is 9.89. The minimum absolute atomic E-state index is 0.125. The van der Waals surface area contributed by atoms with Crippen LogP contribution in [0, 0.1) is 0 Å². The van der Waals surface area contributed by atoms with Crippen LogP contribution in [0.4, 0.5) is 5.82 Å². The van der Waals surface area contributed by atoms with E-state index < -0.39 is 0 Å². The second kappa shape index (κ2) is 7.88. The molecule has 7 heteroatoms. The fourth-order valence-corrected chi connectivity index (χ4v) is 3.18. The van der Waals surface area contributed by atoms with Crippen LogP contribution < -0.4 is 10.2 Å². The third-order valence-electron chi connectivity index (χ3n) is 4.82. The monoisotopic (exact) mass is 357 g/mol. The molecule has 1 aromatic heterocycles. The topological polar surface area (TPSA) is 76.8 Å². The zero-order valence-corrected chi connectivity index (χ0v) is 14.6. The van der Waals surface area contributed by atoms with Gasteiger partial charge in [0.1, 0.15) is 0 Å². The lowest BCUT2D eigenvalue weighted by molar-refractivity contribution is -0.0253. The summed E-state index contributed by atoms with van der Waals surface area (Å²) >= 11 is 0. The van der Waals surface area contributed by atoms with Crippen molar-refractivity contribution in [1.29, 1.82) is 0 Å². The van der Waals surface area contributed by atoms with Crippen molar-refractivity contribution in [3.05, 3.63) is 47.7 Å². The number of hydrogen-bond acceptors (Lipinski definition) is 6. The van der Waals surface area contributed by atoms with Gasteiger partial charge in [0.2, 0.25) is 5.76 Å². The summed E-state index contributed by atoms with van der Waals surface area (Å²) in [5, 5.41) is 6.98. The minimum atomic E-state index is -0.219. The summed E-state index contributed by atoms with van der Waals surface area (Å²) < 4.78 is 16.4. The van der Waals surface area contributed by atoms with Gasteiger partial charge in [-0.2, -0.15) is 0 Å². The van der Waals surface area contributed by atoms with Crippen LogP contribution in [0.25, 0.3) is 0 Å². The van der Waals surface area contributed by atoms with E-state index in [1.165, 1.54) is 0 Å². The van der Waals surface area contributed by atoms with Gasteiger partial charge >= 0.3 is 0 Å². The number of morpholine rings is 1. The number of anilines is 1. The number of rotatable bonds is 6. The van der Waals surface area contributed by atoms with Gasteiger partial charge in [0.05, 0.1) is 25.9 Å². The highest BCUT2D eigenvalue weighted by Gasteiger charge is 2.32. The smallest absolute Gasteiger partial charge is 0.290 e. The second-order valence-electron chi connectivity index (χ2n) is 6.71. The highest BCUT2D eigenvalue weighted by Crippen LogP contribution is 2.25. The Morgan fingerprint density at radius 3 is 2.77 bits per heavy atom. The van der Waals surface area contributed by atoms with Crippen LogP contribution in [-0.2, 0) is 16.1 Å². The van der Waals surface area contributed by atoms with Gasteiger partial charge < -0.3 is 24.2 Å². The average Bonchev–Trinajstić information content (AvgIpc) is 3.15. The second-order valence-corrected chi connectivity index (χ2v) is 6.71. The summed E-state index contributed by atoms with van der Waals surface area (Å²) in [6.07, 6.45) is 1.84. The van der Waals surface area contributed by atoms with Gasteiger partial charge in [-0.05, 0) is 18.4 Å². The maximum Gasteiger partial charge on any atom is 0.290 e. The van der Waals surface area contributed by atoms with E-state index in [0.29, 0.717) is 25.6 Å². The number of ether oxygens (including phenoxy) is 2. The molecule has 138 valence electrons. The third-order valence-corrected chi connectivity index (χ3v) is 4.82. The van der Waals surface area contributed by atoms with Crippen LogP contribution in [0.3, 0.4) is 0 Å². The van der Waals surface area contributed by atoms with Crippen molar-refractivity contribution in [1.82, 2.24) is 10.5 Å². The van der Waals surface area contributed by atoms with Crippen LogP contribution in [0.2, 0.25) is 0 Å². The van der Waals surface area contributed by atoms with Gasteiger partial charge in [-0.3, -0.25) is 4.79 Å². The first-order chi connectivity index (χ1) is 12.8. The van der Waals surface area contributed by atoms with Gasteiger partial charge in [-0.25, -0.2) is 0 Å². The van der Waals surface area contributed by atoms with E-state index in [1.807, 2.05) is 30.3 Å². The number of nitrogens with zero attached hydrogens (tertiary/aromatic N) is 2. The number of nitrogens with one attached hydrogen (secondary N) is 1. The fourth-order valence-electron chi connectivity index (χ4n) is 3.18. The first-order valence-electron chi connectivity index (χ1n) is 9.04. The lowest BCUT2D eigenvalue weighted by Crippen LogP contribution is -2.47. The zero-order valence-electron chi connectivity index (χ0n) is 14.6. The van der Waals surface area contributed by atoms with Gasteiger partial charge in [0.25, 0.3) is 5.91 Å². The van der Waals surface area contributed by atoms with Crippen LogP contribution in [0.15, 0.2) is 40.9 Å². The van der Waals surface area contributed by atoms with Crippen molar-refractivity contribution < 1.29 is 18.8 Å². The minimum Gasteiger partial charge on any atom is -0.378 e. The largest absolute Gasteiger partial charge is 0.378 e. The van der Waals surface area contributed by atoms with E-state index in [-0.39, 0.29) is 23.8 Å². The Morgan fingerprint density at radius 1 is 1.23 bits per heavy atom. The summed E-state index contributed by atoms with van der Waals surface area (Å²) in [5.74, 6) is 0.722. The van der Waals surface area contributed by atoms with E-state index in [2.05, 4.69) is 15.4 Å². The van der Waals surface area contributed by atoms with E-state index >= 15 is 0 Å². The summed E-state index contributed by atoms with van der Waals surface area (Å²) in [7, 11) is 0. The van der Waals surface area contributed by atoms with Gasteiger partial charge in [0.15, 0.2) is 5.82 Å². The first-order valence-corrected chi connectivity index (χ1v) is 9.04. The molecule has 0 spiro atoms. The Bertz CT molecular complexity index is 721. The molecule has 2 aliphatic rings. The highest BCUT2D eigenvalue weighted by molar-refractivity contribution is 5.92. The molecule has 7 nitrogen and oxygen atoms in total. The Morgan fingerprint density at radius 2 is 2.00 bits per heavy atom. The molecule has 2 heterocycles. The van der Waals surface area contributed by atoms with Crippen molar-refractivity contribution in [2.24, 2.45) is 0 Å². The molecule has 1 aliphatic heterocycles. The van der Waals surface area contributed by atoms with Gasteiger partial charge in [-0.1, -0.05) is 35.5 Å². The van der Waals surface area contributed by atoms with E-state index in [1.54, 1.807) is 6.07 Å². The van der Waals surface area contributed by atoms with Gasteiger partial charge in [-0.15, -0.1) is 0 Å². The maximum absolute atomic E-state index is 12.3. The van der Waals surface area contributed by atoms with Crippen molar-refractivity contribution in [3.63, 3.8) is 0 Å². The number of carbonyl (C=O) groups is 1. The Balaban J connectivity index is 1.20. The van der Waals surface area contributed by atoms with Crippen LogP contribution in [0.1, 0.15) is 29.0 Å². The zero-order chi connectivity index (χ0) is 17.8. The Hall–Kier alpha value is -2.38. The molecular formula is C19H23N3O4. The first kappa shape index (κ1) is 17.1. The molecule has 1 N–H and O–H groups in total. The fraction of sp³-hybridized carbons (Fsp3) is 0.474. The molecule has 4 rings (SSSR count). The quantitative estimate of drug-likeness (QED) is 0.852. The SMILES string of the molecule is O=C(NC1CC(OCc2ccccc2)C1)c1cc(N2CCOCC2)no1. The Kier molecular flexibility index (Phi) is 5.17. The number of benzene rings is 1. The summed E-state index contributed by atoms with van der Waals surface area (Å²) in [4.78, 5) is 14.4. The van der Waals surface area contributed by atoms with E-state index in [0.717, 1.165) is 31.5 Å². The molecule has 1 aliphatic carbocycles. The predicted molar refractivity (Wildman–Crippen MR) is 95.0 cm³/mol. The predicted octanol–water partition coefficient (Wildman–Crippen LogP) is 1.99. The molecule has 0 bridgehead atoms. The van der Waals surface area contributed by atoms with Crippen molar-refractivity contribution in [3.8, 4) is 0 Å². The van der Waals surface area contributed by atoms with Crippen molar-refractivity contribution in [2.75, 3.05) is 31.2 Å². The number of amides is 1. The Labute approximate surface area is 152 Å². The number of hydrogen-bond donors (Lipinski definition) is 1. The van der Waals surface area contributed by atoms with Crippen molar-refractivity contribution in [2.45, 2.75) is 31.6 Å². The third kappa shape index (κ3) is 4.05. The normalized spacial score (nSPS) is 22.7. The maximum atomic E-state index is 12.3. The summed E-state index contributed by atoms with van der Waals surface area (Å²) in [6.45, 7) is 3.46. The molecule has 2 aromatic rings. The summed E-state index contributed by atoms with van der Waals surface area (Å²) in [5.41, 5.74) is 1.16. The van der Waals surface area contributed by atoms with Crippen molar-refractivity contribution >= 4 is 11.7 Å². The molecule has 0 unspecified atom stereocenters. The molecule has 0 radical (unpaired) electrons. The standard InChI is InChI=1S/C19H23N3O4/c23-19(17-12-18(21-26-17)22-6-8-24-9-7-22)20-15-10-16(11-15)25-13-14-4-2-1-3-5-14/h1-5,12,15-16H,6-11,13H2,(H,20,23). The average molecular weight is 357 g/mol. The molecular weight excluding hydrogens is 334 g/mol. The molecule has 1 aromatic carbocycles. The molecule has 1 saturated heterocycles. The summed E-state index contributed by atoms with van der Waals surface area (Å²) in [6, 6.07) is 11.9. The van der Waals surface area contributed by atoms with E-state index in [4.69, 9.17) is 14.0 Å². The van der Waals surface area contributed by atoms with Gasteiger partial charge in [0, 0.05) is 25.2 Å². The van der Waals surface area contributed by atoms with Crippen LogP contribution in [-0.4, -0.2) is 49.5 Å². The number of aromatic nitrogens is 1. The van der Waals surface area contributed by atoms with Crippen LogP contribution in [0.5, 0.6) is 0 Å². The molecule has 0 atom stereocenters. The highest BCUT2D eigenvalue weighted by atomic mass is 16.5. The molecule has 1 saturated carbocycles.